The minimum absolute atomic E-state index is 0.255. The molecule has 2 nitrogen and oxygen atoms in total. The zero-order chi connectivity index (χ0) is 11.4. The Morgan fingerprint density at radius 3 is 3.19 bits per heavy atom. The second-order valence-corrected chi connectivity index (χ2v) is 5.53. The van der Waals surface area contributed by atoms with Gasteiger partial charge in [0.25, 0.3) is 0 Å². The number of hydrogen-bond acceptors (Lipinski definition) is 3. The molecule has 1 aromatic heterocycles. The van der Waals surface area contributed by atoms with Crippen LogP contribution >= 0.6 is 11.8 Å². The Labute approximate surface area is 100 Å². The molecular formula is C12H17FN2S. The molecule has 1 aromatic rings. The van der Waals surface area contributed by atoms with Crippen LogP contribution in [0, 0.1) is 5.82 Å². The lowest BCUT2D eigenvalue weighted by Crippen LogP contribution is -2.27. The summed E-state index contributed by atoms with van der Waals surface area (Å²) in [6, 6.07) is 3.44. The van der Waals surface area contributed by atoms with E-state index in [2.05, 4.69) is 17.2 Å². The van der Waals surface area contributed by atoms with E-state index in [-0.39, 0.29) is 5.82 Å². The van der Waals surface area contributed by atoms with E-state index in [0.29, 0.717) is 17.1 Å². The standard InChI is InChI=1S/C12H17FN2S/c1-2-16-11-7-3-6-10(11)15-12-9(13)5-4-8-14-12/h4-5,8,10-11H,2-3,6-7H2,1H3,(H,14,15). The molecule has 1 N–H and O–H groups in total. The van der Waals surface area contributed by atoms with E-state index in [9.17, 15) is 4.39 Å². The first kappa shape index (κ1) is 11.7. The summed E-state index contributed by atoms with van der Waals surface area (Å²) in [5.41, 5.74) is 0. The highest BCUT2D eigenvalue weighted by Crippen LogP contribution is 2.32. The van der Waals surface area contributed by atoms with Crippen molar-refractivity contribution in [3.05, 3.63) is 24.1 Å². The molecule has 0 bridgehead atoms. The van der Waals surface area contributed by atoms with Gasteiger partial charge in [0.2, 0.25) is 0 Å². The Balaban J connectivity index is 2.01. The van der Waals surface area contributed by atoms with Gasteiger partial charge in [-0.05, 0) is 30.7 Å². The average molecular weight is 240 g/mol. The second kappa shape index (κ2) is 5.53. The van der Waals surface area contributed by atoms with Crippen LogP contribution in [0.1, 0.15) is 26.2 Å². The Morgan fingerprint density at radius 1 is 1.56 bits per heavy atom. The number of nitrogens with one attached hydrogen (secondary N) is 1. The van der Waals surface area contributed by atoms with Gasteiger partial charge in [0.15, 0.2) is 11.6 Å². The SMILES string of the molecule is CCSC1CCCC1Nc1ncccc1F. The van der Waals surface area contributed by atoms with Crippen molar-refractivity contribution in [2.24, 2.45) is 0 Å². The van der Waals surface area contributed by atoms with Crippen LogP contribution in [0.2, 0.25) is 0 Å². The number of pyridine rings is 1. The summed E-state index contributed by atoms with van der Waals surface area (Å²) >= 11 is 1.96. The molecule has 0 amide bonds. The summed E-state index contributed by atoms with van der Waals surface area (Å²) in [5.74, 6) is 1.26. The van der Waals surface area contributed by atoms with E-state index in [1.807, 2.05) is 11.8 Å². The van der Waals surface area contributed by atoms with Crippen LogP contribution in [0.4, 0.5) is 10.2 Å². The zero-order valence-corrected chi connectivity index (χ0v) is 10.3. The molecule has 1 saturated carbocycles. The molecule has 1 fully saturated rings. The van der Waals surface area contributed by atoms with Crippen molar-refractivity contribution in [1.29, 1.82) is 0 Å². The Hall–Kier alpha value is -0.770. The predicted molar refractivity (Wildman–Crippen MR) is 67.4 cm³/mol. The summed E-state index contributed by atoms with van der Waals surface area (Å²) in [6.07, 6.45) is 5.20. The maximum absolute atomic E-state index is 13.4. The fourth-order valence-electron chi connectivity index (χ4n) is 2.17. The van der Waals surface area contributed by atoms with Gasteiger partial charge < -0.3 is 5.32 Å². The molecule has 1 aliphatic carbocycles. The number of halogens is 1. The van der Waals surface area contributed by atoms with Crippen molar-refractivity contribution in [2.75, 3.05) is 11.1 Å². The maximum atomic E-state index is 13.4. The van der Waals surface area contributed by atoms with Gasteiger partial charge in [-0.3, -0.25) is 0 Å². The first-order valence-electron chi connectivity index (χ1n) is 5.80. The molecule has 2 atom stereocenters. The van der Waals surface area contributed by atoms with E-state index in [0.717, 1.165) is 12.2 Å². The van der Waals surface area contributed by atoms with Crippen LogP contribution in [0.5, 0.6) is 0 Å². The third-order valence-corrected chi connectivity index (χ3v) is 4.24. The number of anilines is 1. The highest BCUT2D eigenvalue weighted by atomic mass is 32.2. The highest BCUT2D eigenvalue weighted by molar-refractivity contribution is 7.99. The monoisotopic (exact) mass is 240 g/mol. The lowest BCUT2D eigenvalue weighted by molar-refractivity contribution is 0.618. The molecular weight excluding hydrogens is 223 g/mol. The number of nitrogens with zero attached hydrogens (tertiary/aromatic N) is 1. The fraction of sp³-hybridized carbons (Fsp3) is 0.583. The van der Waals surface area contributed by atoms with Gasteiger partial charge >= 0.3 is 0 Å². The number of thioether (sulfide) groups is 1. The van der Waals surface area contributed by atoms with Crippen LogP contribution < -0.4 is 5.32 Å². The lowest BCUT2D eigenvalue weighted by atomic mass is 10.2. The molecule has 0 radical (unpaired) electrons. The number of rotatable bonds is 4. The molecule has 2 unspecified atom stereocenters. The van der Waals surface area contributed by atoms with Crippen molar-refractivity contribution in [3.8, 4) is 0 Å². The highest BCUT2D eigenvalue weighted by Gasteiger charge is 2.27. The Bertz CT molecular complexity index is 346. The van der Waals surface area contributed by atoms with E-state index in [1.165, 1.54) is 18.9 Å². The minimum Gasteiger partial charge on any atom is -0.364 e. The average Bonchev–Trinajstić information content (AvgIpc) is 2.70. The molecule has 88 valence electrons. The molecule has 1 aliphatic rings. The quantitative estimate of drug-likeness (QED) is 0.874. The fourth-order valence-corrected chi connectivity index (χ4v) is 3.37. The first-order chi connectivity index (χ1) is 7.81. The zero-order valence-electron chi connectivity index (χ0n) is 9.45. The second-order valence-electron chi connectivity index (χ2n) is 4.01. The summed E-state index contributed by atoms with van der Waals surface area (Å²) in [4.78, 5) is 4.04. The van der Waals surface area contributed by atoms with Gasteiger partial charge in [0, 0.05) is 17.5 Å². The van der Waals surface area contributed by atoms with Crippen molar-refractivity contribution < 1.29 is 4.39 Å². The third-order valence-electron chi connectivity index (χ3n) is 2.91. The van der Waals surface area contributed by atoms with Crippen molar-refractivity contribution in [3.63, 3.8) is 0 Å². The smallest absolute Gasteiger partial charge is 0.165 e. The summed E-state index contributed by atoms with van der Waals surface area (Å²) in [6.45, 7) is 2.17. The molecule has 1 heterocycles. The Morgan fingerprint density at radius 2 is 2.44 bits per heavy atom. The molecule has 0 saturated heterocycles. The van der Waals surface area contributed by atoms with E-state index in [4.69, 9.17) is 0 Å². The van der Waals surface area contributed by atoms with Gasteiger partial charge in [-0.1, -0.05) is 13.3 Å². The Kier molecular flexibility index (Phi) is 4.04. The van der Waals surface area contributed by atoms with E-state index >= 15 is 0 Å². The van der Waals surface area contributed by atoms with Crippen molar-refractivity contribution in [1.82, 2.24) is 4.98 Å². The van der Waals surface area contributed by atoms with E-state index < -0.39 is 0 Å². The first-order valence-corrected chi connectivity index (χ1v) is 6.84. The summed E-state index contributed by atoms with van der Waals surface area (Å²) in [7, 11) is 0. The molecule has 2 rings (SSSR count). The predicted octanol–water partition coefficient (Wildman–Crippen LogP) is 3.31. The molecule has 4 heteroatoms. The van der Waals surface area contributed by atoms with Gasteiger partial charge in [0.1, 0.15) is 0 Å². The minimum atomic E-state index is -0.255. The molecule has 0 spiro atoms. The molecule has 0 aromatic carbocycles. The normalized spacial score (nSPS) is 24.6. The van der Waals surface area contributed by atoms with Crippen LogP contribution in [-0.2, 0) is 0 Å². The topological polar surface area (TPSA) is 24.9 Å². The molecule has 16 heavy (non-hydrogen) atoms. The van der Waals surface area contributed by atoms with Crippen LogP contribution in [0.15, 0.2) is 18.3 Å². The maximum Gasteiger partial charge on any atom is 0.165 e. The largest absolute Gasteiger partial charge is 0.364 e. The van der Waals surface area contributed by atoms with E-state index in [1.54, 1.807) is 12.3 Å². The van der Waals surface area contributed by atoms with Gasteiger partial charge in [0.05, 0.1) is 0 Å². The van der Waals surface area contributed by atoms with Gasteiger partial charge in [-0.15, -0.1) is 0 Å². The van der Waals surface area contributed by atoms with Gasteiger partial charge in [-0.2, -0.15) is 11.8 Å². The lowest BCUT2D eigenvalue weighted by Gasteiger charge is -2.20. The van der Waals surface area contributed by atoms with Gasteiger partial charge in [-0.25, -0.2) is 9.37 Å². The molecule has 0 aliphatic heterocycles. The van der Waals surface area contributed by atoms with Crippen molar-refractivity contribution in [2.45, 2.75) is 37.5 Å². The van der Waals surface area contributed by atoms with Crippen LogP contribution in [0.25, 0.3) is 0 Å². The van der Waals surface area contributed by atoms with Crippen LogP contribution in [0.3, 0.4) is 0 Å². The number of hydrogen-bond donors (Lipinski definition) is 1. The summed E-state index contributed by atoms with van der Waals surface area (Å²) in [5, 5.41) is 3.84. The number of aromatic nitrogens is 1. The summed E-state index contributed by atoms with van der Waals surface area (Å²) < 4.78 is 13.4. The van der Waals surface area contributed by atoms with Crippen molar-refractivity contribution >= 4 is 17.6 Å². The van der Waals surface area contributed by atoms with Crippen LogP contribution in [-0.4, -0.2) is 22.0 Å². The third kappa shape index (κ3) is 2.67.